The van der Waals surface area contributed by atoms with E-state index in [4.69, 9.17) is 11.6 Å². The molecule has 16 heavy (non-hydrogen) atoms. The molecule has 1 aromatic carbocycles. The smallest absolute Gasteiger partial charge is 0.234 e. The summed E-state index contributed by atoms with van der Waals surface area (Å²) in [6.07, 6.45) is 1.03. The average Bonchev–Trinajstić information content (AvgIpc) is 2.27. The normalized spacial score (nSPS) is 10.1. The van der Waals surface area contributed by atoms with Crippen LogP contribution in [0.3, 0.4) is 0 Å². The Morgan fingerprint density at radius 1 is 1.44 bits per heavy atom. The number of halogens is 1. The zero-order valence-corrected chi connectivity index (χ0v) is 10.2. The SMILES string of the molecule is CCCNCC(=O)NCc1cccc(Cl)c1. The van der Waals surface area contributed by atoms with Gasteiger partial charge in [0.25, 0.3) is 0 Å². The van der Waals surface area contributed by atoms with Gasteiger partial charge in [0.15, 0.2) is 0 Å². The highest BCUT2D eigenvalue weighted by molar-refractivity contribution is 6.30. The number of amides is 1. The van der Waals surface area contributed by atoms with Crippen LogP contribution in [0.4, 0.5) is 0 Å². The van der Waals surface area contributed by atoms with Crippen molar-refractivity contribution in [2.24, 2.45) is 0 Å². The Hall–Kier alpha value is -1.06. The second-order valence-electron chi connectivity index (χ2n) is 3.58. The van der Waals surface area contributed by atoms with Crippen LogP contribution in [0.15, 0.2) is 24.3 Å². The van der Waals surface area contributed by atoms with Crippen LogP contribution in [0.25, 0.3) is 0 Å². The summed E-state index contributed by atoms with van der Waals surface area (Å²) in [4.78, 5) is 11.4. The minimum atomic E-state index is 0.00780. The molecular formula is C12H17ClN2O. The lowest BCUT2D eigenvalue weighted by Gasteiger charge is -2.06. The summed E-state index contributed by atoms with van der Waals surface area (Å²) in [5.74, 6) is 0.00780. The van der Waals surface area contributed by atoms with E-state index in [1.807, 2.05) is 24.3 Å². The lowest BCUT2D eigenvalue weighted by Crippen LogP contribution is -2.33. The first-order valence-electron chi connectivity index (χ1n) is 5.44. The highest BCUT2D eigenvalue weighted by Gasteiger charge is 2.00. The van der Waals surface area contributed by atoms with Crippen molar-refractivity contribution < 1.29 is 4.79 Å². The standard InChI is InChI=1S/C12H17ClN2O/c1-2-6-14-9-12(16)15-8-10-4-3-5-11(13)7-10/h3-5,7,14H,2,6,8-9H2,1H3,(H,15,16). The number of hydrogen-bond acceptors (Lipinski definition) is 2. The van der Waals surface area contributed by atoms with Crippen molar-refractivity contribution in [3.8, 4) is 0 Å². The Labute approximate surface area is 101 Å². The fourth-order valence-electron chi connectivity index (χ4n) is 1.29. The molecule has 1 aromatic rings. The summed E-state index contributed by atoms with van der Waals surface area (Å²) in [6.45, 7) is 3.82. The monoisotopic (exact) mass is 240 g/mol. The number of benzene rings is 1. The molecule has 88 valence electrons. The summed E-state index contributed by atoms with van der Waals surface area (Å²) in [5, 5.41) is 6.56. The van der Waals surface area contributed by atoms with Crippen LogP contribution in [0, 0.1) is 0 Å². The molecule has 1 rings (SSSR count). The van der Waals surface area contributed by atoms with Crippen LogP contribution in [-0.4, -0.2) is 19.0 Å². The third kappa shape index (κ3) is 5.14. The number of hydrogen-bond donors (Lipinski definition) is 2. The fraction of sp³-hybridized carbons (Fsp3) is 0.417. The predicted molar refractivity (Wildman–Crippen MR) is 66.5 cm³/mol. The highest BCUT2D eigenvalue weighted by Crippen LogP contribution is 2.09. The average molecular weight is 241 g/mol. The van der Waals surface area contributed by atoms with E-state index < -0.39 is 0 Å². The minimum absolute atomic E-state index is 0.00780. The molecule has 0 bridgehead atoms. The second kappa shape index (κ2) is 7.25. The maximum Gasteiger partial charge on any atom is 0.234 e. The van der Waals surface area contributed by atoms with Gasteiger partial charge in [-0.2, -0.15) is 0 Å². The van der Waals surface area contributed by atoms with Gasteiger partial charge in [-0.15, -0.1) is 0 Å². The first-order chi connectivity index (χ1) is 7.72. The molecule has 0 spiro atoms. The van der Waals surface area contributed by atoms with Crippen LogP contribution in [-0.2, 0) is 11.3 Å². The van der Waals surface area contributed by atoms with E-state index in [-0.39, 0.29) is 5.91 Å². The van der Waals surface area contributed by atoms with Gasteiger partial charge in [-0.25, -0.2) is 0 Å². The molecule has 0 aliphatic rings. The minimum Gasteiger partial charge on any atom is -0.351 e. The van der Waals surface area contributed by atoms with Gasteiger partial charge in [0.2, 0.25) is 5.91 Å². The van der Waals surface area contributed by atoms with Gasteiger partial charge < -0.3 is 10.6 Å². The molecule has 0 aromatic heterocycles. The number of rotatable bonds is 6. The van der Waals surface area contributed by atoms with Crippen molar-refractivity contribution in [3.63, 3.8) is 0 Å². The maximum atomic E-state index is 11.4. The zero-order valence-electron chi connectivity index (χ0n) is 9.42. The van der Waals surface area contributed by atoms with Gasteiger partial charge in [0.05, 0.1) is 6.54 Å². The van der Waals surface area contributed by atoms with Gasteiger partial charge in [-0.3, -0.25) is 4.79 Å². The first-order valence-corrected chi connectivity index (χ1v) is 5.82. The lowest BCUT2D eigenvalue weighted by molar-refractivity contribution is -0.120. The molecule has 0 saturated carbocycles. The zero-order chi connectivity index (χ0) is 11.8. The number of nitrogens with one attached hydrogen (secondary N) is 2. The number of carbonyl (C=O) groups excluding carboxylic acids is 1. The lowest BCUT2D eigenvalue weighted by atomic mass is 10.2. The summed E-state index contributed by atoms with van der Waals surface area (Å²) < 4.78 is 0. The van der Waals surface area contributed by atoms with E-state index in [1.54, 1.807) is 0 Å². The molecule has 1 amide bonds. The summed E-state index contributed by atoms with van der Waals surface area (Å²) >= 11 is 5.84. The Morgan fingerprint density at radius 2 is 2.25 bits per heavy atom. The van der Waals surface area contributed by atoms with E-state index in [2.05, 4.69) is 17.6 Å². The van der Waals surface area contributed by atoms with E-state index in [0.29, 0.717) is 18.1 Å². The van der Waals surface area contributed by atoms with Crippen molar-refractivity contribution in [1.82, 2.24) is 10.6 Å². The van der Waals surface area contributed by atoms with Crippen molar-refractivity contribution in [1.29, 1.82) is 0 Å². The third-order valence-corrected chi connectivity index (χ3v) is 2.33. The molecular weight excluding hydrogens is 224 g/mol. The Balaban J connectivity index is 2.26. The first kappa shape index (κ1) is 13.0. The van der Waals surface area contributed by atoms with Crippen LogP contribution < -0.4 is 10.6 Å². The molecule has 0 fully saturated rings. The summed E-state index contributed by atoms with van der Waals surface area (Å²) in [5.41, 5.74) is 1.01. The van der Waals surface area contributed by atoms with Gasteiger partial charge in [-0.1, -0.05) is 30.7 Å². The van der Waals surface area contributed by atoms with Crippen molar-refractivity contribution in [2.45, 2.75) is 19.9 Å². The van der Waals surface area contributed by atoms with Gasteiger partial charge in [0.1, 0.15) is 0 Å². The van der Waals surface area contributed by atoms with E-state index in [1.165, 1.54) is 0 Å². The molecule has 0 aliphatic heterocycles. The van der Waals surface area contributed by atoms with E-state index in [0.717, 1.165) is 18.5 Å². The van der Waals surface area contributed by atoms with Crippen LogP contribution >= 0.6 is 11.6 Å². The molecule has 0 saturated heterocycles. The topological polar surface area (TPSA) is 41.1 Å². The Kier molecular flexibility index (Phi) is 5.90. The number of carbonyl (C=O) groups is 1. The molecule has 0 unspecified atom stereocenters. The molecule has 0 aliphatic carbocycles. The quantitative estimate of drug-likeness (QED) is 0.747. The molecule has 4 heteroatoms. The third-order valence-electron chi connectivity index (χ3n) is 2.09. The second-order valence-corrected chi connectivity index (χ2v) is 4.02. The molecule has 0 heterocycles. The van der Waals surface area contributed by atoms with Gasteiger partial charge in [0, 0.05) is 11.6 Å². The molecule has 0 radical (unpaired) electrons. The highest BCUT2D eigenvalue weighted by atomic mass is 35.5. The van der Waals surface area contributed by atoms with E-state index in [9.17, 15) is 4.79 Å². The summed E-state index contributed by atoms with van der Waals surface area (Å²) in [6, 6.07) is 7.47. The summed E-state index contributed by atoms with van der Waals surface area (Å²) in [7, 11) is 0. The fourth-order valence-corrected chi connectivity index (χ4v) is 1.50. The van der Waals surface area contributed by atoms with E-state index >= 15 is 0 Å². The molecule has 3 nitrogen and oxygen atoms in total. The Morgan fingerprint density at radius 3 is 2.94 bits per heavy atom. The van der Waals surface area contributed by atoms with Gasteiger partial charge >= 0.3 is 0 Å². The predicted octanol–water partition coefficient (Wildman–Crippen LogP) is 1.96. The van der Waals surface area contributed by atoms with Crippen LogP contribution in [0.1, 0.15) is 18.9 Å². The largest absolute Gasteiger partial charge is 0.351 e. The molecule has 0 atom stereocenters. The van der Waals surface area contributed by atoms with Crippen LogP contribution in [0.2, 0.25) is 5.02 Å². The van der Waals surface area contributed by atoms with Crippen molar-refractivity contribution in [3.05, 3.63) is 34.9 Å². The Bertz CT molecular complexity index is 342. The van der Waals surface area contributed by atoms with Crippen LogP contribution in [0.5, 0.6) is 0 Å². The maximum absolute atomic E-state index is 11.4. The van der Waals surface area contributed by atoms with Gasteiger partial charge in [-0.05, 0) is 30.7 Å². The van der Waals surface area contributed by atoms with Crippen molar-refractivity contribution >= 4 is 17.5 Å². The molecule has 2 N–H and O–H groups in total. The van der Waals surface area contributed by atoms with Crippen molar-refractivity contribution in [2.75, 3.05) is 13.1 Å².